The molecule has 1 aliphatic heterocycles. The van der Waals surface area contributed by atoms with Gasteiger partial charge in [-0.2, -0.15) is 0 Å². The Hall–Kier alpha value is -2.17. The highest BCUT2D eigenvalue weighted by Crippen LogP contribution is 2.36. The first-order chi connectivity index (χ1) is 9.15. The van der Waals surface area contributed by atoms with Crippen molar-refractivity contribution < 1.29 is 9.59 Å². The van der Waals surface area contributed by atoms with Gasteiger partial charge >= 0.3 is 0 Å². The molecule has 0 bridgehead atoms. The van der Waals surface area contributed by atoms with Crippen LogP contribution in [0.1, 0.15) is 18.0 Å². The van der Waals surface area contributed by atoms with E-state index in [9.17, 15) is 9.59 Å². The highest BCUT2D eigenvalue weighted by molar-refractivity contribution is 5.90. The minimum Gasteiger partial charge on any atom is -0.352 e. The van der Waals surface area contributed by atoms with Gasteiger partial charge in [-0.15, -0.1) is 6.58 Å². The van der Waals surface area contributed by atoms with E-state index in [2.05, 4.69) is 16.9 Å². The van der Waals surface area contributed by atoms with Crippen molar-refractivity contribution in [3.63, 3.8) is 0 Å². The smallest absolute Gasteiger partial charge is 0.226 e. The first-order valence-corrected chi connectivity index (χ1v) is 6.19. The zero-order valence-corrected chi connectivity index (χ0v) is 10.9. The molecule has 0 saturated carbocycles. The van der Waals surface area contributed by atoms with Gasteiger partial charge in [-0.1, -0.05) is 12.1 Å². The van der Waals surface area contributed by atoms with E-state index in [0.29, 0.717) is 6.54 Å². The van der Waals surface area contributed by atoms with Crippen LogP contribution in [0.3, 0.4) is 0 Å². The van der Waals surface area contributed by atoms with Crippen LogP contribution in [0, 0.1) is 5.92 Å². The van der Waals surface area contributed by atoms with Crippen LogP contribution in [0.5, 0.6) is 0 Å². The molecule has 0 aromatic carbocycles. The fourth-order valence-corrected chi connectivity index (χ4v) is 2.42. The predicted molar refractivity (Wildman–Crippen MR) is 71.1 cm³/mol. The van der Waals surface area contributed by atoms with E-state index in [1.165, 1.54) is 0 Å². The van der Waals surface area contributed by atoms with Crippen LogP contribution in [0.4, 0.5) is 0 Å². The summed E-state index contributed by atoms with van der Waals surface area (Å²) in [6.07, 6.45) is 5.23. The Kier molecular flexibility index (Phi) is 3.94. The molecule has 2 atom stereocenters. The van der Waals surface area contributed by atoms with Gasteiger partial charge in [0.05, 0.1) is 12.0 Å². The van der Waals surface area contributed by atoms with Gasteiger partial charge in [-0.3, -0.25) is 14.6 Å². The molecule has 2 rings (SSSR count). The first-order valence-electron chi connectivity index (χ1n) is 6.19. The van der Waals surface area contributed by atoms with Crippen molar-refractivity contribution in [1.82, 2.24) is 15.2 Å². The number of hydrogen-bond acceptors (Lipinski definition) is 3. The maximum Gasteiger partial charge on any atom is 0.226 e. The summed E-state index contributed by atoms with van der Waals surface area (Å²) in [4.78, 5) is 29.7. The van der Waals surface area contributed by atoms with Gasteiger partial charge in [0.2, 0.25) is 11.8 Å². The lowest BCUT2D eigenvalue weighted by molar-refractivity contribution is -0.128. The number of amides is 2. The molecule has 1 aromatic rings. The highest BCUT2D eigenvalue weighted by atomic mass is 16.2. The van der Waals surface area contributed by atoms with E-state index in [0.717, 1.165) is 5.56 Å². The Bertz CT molecular complexity index is 487. The Morgan fingerprint density at radius 2 is 2.47 bits per heavy atom. The van der Waals surface area contributed by atoms with Crippen LogP contribution in [-0.4, -0.2) is 35.3 Å². The molecule has 0 spiro atoms. The van der Waals surface area contributed by atoms with Gasteiger partial charge in [-0.25, -0.2) is 0 Å². The number of nitrogens with zero attached hydrogens (tertiary/aromatic N) is 2. The summed E-state index contributed by atoms with van der Waals surface area (Å²) in [5.74, 6) is -0.513. The van der Waals surface area contributed by atoms with Crippen molar-refractivity contribution in [2.45, 2.75) is 12.5 Å². The van der Waals surface area contributed by atoms with Crippen molar-refractivity contribution in [3.8, 4) is 0 Å². The van der Waals surface area contributed by atoms with Crippen molar-refractivity contribution in [3.05, 3.63) is 42.7 Å². The summed E-state index contributed by atoms with van der Waals surface area (Å²) in [6, 6.07) is 3.46. The summed E-state index contributed by atoms with van der Waals surface area (Å²) in [6.45, 7) is 3.97. The van der Waals surface area contributed by atoms with Crippen molar-refractivity contribution >= 4 is 11.8 Å². The monoisotopic (exact) mass is 259 g/mol. The molecule has 1 saturated heterocycles. The molecular formula is C14H17N3O2. The van der Waals surface area contributed by atoms with Gasteiger partial charge in [0, 0.05) is 32.4 Å². The molecule has 1 aliphatic rings. The second-order valence-electron chi connectivity index (χ2n) is 4.58. The molecule has 0 radical (unpaired) electrons. The second-order valence-corrected chi connectivity index (χ2v) is 4.58. The molecule has 1 aromatic heterocycles. The molecule has 5 nitrogen and oxygen atoms in total. The van der Waals surface area contributed by atoms with Crippen molar-refractivity contribution in [1.29, 1.82) is 0 Å². The third-order valence-electron chi connectivity index (χ3n) is 3.37. The third-order valence-corrected chi connectivity index (χ3v) is 3.37. The molecule has 1 fully saturated rings. The van der Waals surface area contributed by atoms with Crippen molar-refractivity contribution in [2.24, 2.45) is 5.92 Å². The van der Waals surface area contributed by atoms with Crippen LogP contribution < -0.4 is 5.32 Å². The second kappa shape index (κ2) is 5.65. The fourth-order valence-electron chi connectivity index (χ4n) is 2.42. The van der Waals surface area contributed by atoms with Crippen LogP contribution in [-0.2, 0) is 9.59 Å². The Morgan fingerprint density at radius 1 is 1.68 bits per heavy atom. The summed E-state index contributed by atoms with van der Waals surface area (Å²) >= 11 is 0. The molecule has 100 valence electrons. The summed E-state index contributed by atoms with van der Waals surface area (Å²) in [5.41, 5.74) is 0.884. The largest absolute Gasteiger partial charge is 0.352 e. The number of pyridine rings is 1. The highest BCUT2D eigenvalue weighted by Gasteiger charge is 2.42. The van der Waals surface area contributed by atoms with Crippen LogP contribution >= 0.6 is 0 Å². The number of rotatable bonds is 4. The van der Waals surface area contributed by atoms with E-state index in [1.807, 2.05) is 12.1 Å². The van der Waals surface area contributed by atoms with E-state index >= 15 is 0 Å². The number of likely N-dealkylation sites (tertiary alicyclic amines) is 1. The Morgan fingerprint density at radius 3 is 3.11 bits per heavy atom. The standard InChI is InChI=1S/C14H17N3O2/c1-3-6-16-14(19)11-8-12(18)17(2)13(11)10-5-4-7-15-9-10/h3-5,7,9,11,13H,1,6,8H2,2H3,(H,16,19)/t11-,13+/m0/s1. The number of hydrogen-bond donors (Lipinski definition) is 1. The minimum atomic E-state index is -0.373. The average molecular weight is 259 g/mol. The normalized spacial score (nSPS) is 22.4. The Labute approximate surface area is 112 Å². The molecule has 0 aliphatic carbocycles. The van der Waals surface area contributed by atoms with E-state index < -0.39 is 0 Å². The van der Waals surface area contributed by atoms with Gasteiger partial charge in [0.15, 0.2) is 0 Å². The number of aromatic nitrogens is 1. The lowest BCUT2D eigenvalue weighted by Crippen LogP contribution is -2.34. The maximum atomic E-state index is 12.1. The summed E-state index contributed by atoms with van der Waals surface area (Å²) < 4.78 is 0. The predicted octanol–water partition coefficient (Wildman–Crippen LogP) is 0.903. The lowest BCUT2D eigenvalue weighted by Gasteiger charge is -2.24. The molecule has 2 heterocycles. The first kappa shape index (κ1) is 13.3. The van der Waals surface area contributed by atoms with Gasteiger partial charge in [0.1, 0.15) is 0 Å². The number of carbonyl (C=O) groups is 2. The Balaban J connectivity index is 2.24. The molecule has 0 unspecified atom stereocenters. The molecule has 2 amide bonds. The molecular weight excluding hydrogens is 242 g/mol. The van der Waals surface area contributed by atoms with Crippen molar-refractivity contribution in [2.75, 3.05) is 13.6 Å². The number of nitrogens with one attached hydrogen (secondary N) is 1. The lowest BCUT2D eigenvalue weighted by atomic mass is 9.94. The average Bonchev–Trinajstić information content (AvgIpc) is 2.73. The topological polar surface area (TPSA) is 62.3 Å². The van der Waals surface area contributed by atoms with Crippen LogP contribution in [0.25, 0.3) is 0 Å². The van der Waals surface area contributed by atoms with E-state index in [1.54, 1.807) is 30.4 Å². The van der Waals surface area contributed by atoms with E-state index in [-0.39, 0.29) is 30.2 Å². The number of carbonyl (C=O) groups excluding carboxylic acids is 2. The van der Waals surface area contributed by atoms with Gasteiger partial charge < -0.3 is 10.2 Å². The van der Waals surface area contributed by atoms with E-state index in [4.69, 9.17) is 0 Å². The van der Waals surface area contributed by atoms with Crippen LogP contribution in [0.15, 0.2) is 37.2 Å². The maximum absolute atomic E-state index is 12.1. The SMILES string of the molecule is C=CCNC(=O)[C@H]1CC(=O)N(C)[C@@H]1c1cccnc1. The quantitative estimate of drug-likeness (QED) is 0.817. The third kappa shape index (κ3) is 2.65. The summed E-state index contributed by atoms with van der Waals surface area (Å²) in [5, 5.41) is 2.76. The molecule has 19 heavy (non-hydrogen) atoms. The zero-order chi connectivity index (χ0) is 13.8. The van der Waals surface area contributed by atoms with Crippen LogP contribution in [0.2, 0.25) is 0 Å². The molecule has 1 N–H and O–H groups in total. The van der Waals surface area contributed by atoms with Gasteiger partial charge in [-0.05, 0) is 11.6 Å². The zero-order valence-electron chi connectivity index (χ0n) is 10.9. The fraction of sp³-hybridized carbons (Fsp3) is 0.357. The minimum absolute atomic E-state index is 0.0207. The molecule has 5 heteroatoms. The summed E-state index contributed by atoms with van der Waals surface area (Å²) in [7, 11) is 1.72. The van der Waals surface area contributed by atoms with Gasteiger partial charge in [0.25, 0.3) is 0 Å².